The van der Waals surface area contributed by atoms with Gasteiger partial charge in [0.1, 0.15) is 0 Å². The topological polar surface area (TPSA) is 67.2 Å². The van der Waals surface area contributed by atoms with Gasteiger partial charge in [0.2, 0.25) is 0 Å². The van der Waals surface area contributed by atoms with Crippen molar-refractivity contribution in [2.24, 2.45) is 5.41 Å². The minimum absolute atomic E-state index is 0.0118. The number of aromatic nitrogens is 3. The van der Waals surface area contributed by atoms with Gasteiger partial charge in [-0.25, -0.2) is 4.98 Å². The molecule has 0 aliphatic rings. The summed E-state index contributed by atoms with van der Waals surface area (Å²) in [5.41, 5.74) is 1.12. The van der Waals surface area contributed by atoms with Gasteiger partial charge < -0.3 is 4.98 Å². The summed E-state index contributed by atoms with van der Waals surface area (Å²) >= 11 is 2.84. The van der Waals surface area contributed by atoms with Gasteiger partial charge in [-0.15, -0.1) is 22.7 Å². The standard InChI is InChI=1S/C16H17N3O2S2/c1-9-10(19-5-6-22-15(19)17-9)7-11-14(21)18-13(23-11)8-12(20)16(2,3)4/h5-8H,1-4H3,(H,18,21)/b11-7-,13-8+. The molecule has 0 atom stereocenters. The molecule has 0 aliphatic carbocycles. The van der Waals surface area contributed by atoms with Crippen molar-refractivity contribution < 1.29 is 4.79 Å². The number of H-pyrrole nitrogens is 1. The van der Waals surface area contributed by atoms with Crippen LogP contribution in [-0.4, -0.2) is 20.2 Å². The first-order valence-corrected chi connectivity index (χ1v) is 8.84. The number of nitrogens with zero attached hydrogens (tertiary/aromatic N) is 2. The molecule has 0 spiro atoms. The van der Waals surface area contributed by atoms with Gasteiger partial charge in [0.25, 0.3) is 5.56 Å². The molecule has 3 aromatic rings. The Labute approximate surface area is 140 Å². The maximum absolute atomic E-state index is 12.1. The summed E-state index contributed by atoms with van der Waals surface area (Å²) in [6.45, 7) is 7.48. The van der Waals surface area contributed by atoms with E-state index in [2.05, 4.69) is 9.97 Å². The molecule has 0 amide bonds. The molecule has 5 nitrogen and oxygen atoms in total. The van der Waals surface area contributed by atoms with E-state index in [4.69, 9.17) is 0 Å². The Hall–Kier alpha value is -1.99. The number of imidazole rings is 1. The zero-order valence-electron chi connectivity index (χ0n) is 13.3. The van der Waals surface area contributed by atoms with Crippen molar-refractivity contribution in [1.82, 2.24) is 14.4 Å². The Bertz CT molecular complexity index is 1060. The van der Waals surface area contributed by atoms with Crippen molar-refractivity contribution in [3.63, 3.8) is 0 Å². The number of hydrogen-bond acceptors (Lipinski definition) is 5. The van der Waals surface area contributed by atoms with E-state index in [9.17, 15) is 9.59 Å². The third-order valence-electron chi connectivity index (χ3n) is 3.43. The quantitative estimate of drug-likeness (QED) is 0.767. The third kappa shape index (κ3) is 3.07. The largest absolute Gasteiger partial charge is 0.313 e. The maximum Gasteiger partial charge on any atom is 0.266 e. The minimum Gasteiger partial charge on any atom is -0.313 e. The third-order valence-corrected chi connectivity index (χ3v) is 5.15. The minimum atomic E-state index is -0.463. The fraction of sp³-hybridized carbons (Fsp3) is 0.312. The molecule has 0 aliphatic heterocycles. The molecule has 0 unspecified atom stereocenters. The molecule has 0 saturated carbocycles. The Kier molecular flexibility index (Phi) is 3.85. The van der Waals surface area contributed by atoms with Crippen LogP contribution in [0.15, 0.2) is 16.4 Å². The van der Waals surface area contributed by atoms with Crippen molar-refractivity contribution in [3.05, 3.63) is 42.5 Å². The molecule has 0 saturated heterocycles. The molecule has 3 aromatic heterocycles. The van der Waals surface area contributed by atoms with E-state index >= 15 is 0 Å². The van der Waals surface area contributed by atoms with Crippen LogP contribution in [0.4, 0.5) is 0 Å². The molecular weight excluding hydrogens is 330 g/mol. The van der Waals surface area contributed by atoms with Gasteiger partial charge >= 0.3 is 0 Å². The van der Waals surface area contributed by atoms with Crippen LogP contribution in [0, 0.1) is 12.3 Å². The van der Waals surface area contributed by atoms with Crippen molar-refractivity contribution in [2.45, 2.75) is 27.7 Å². The van der Waals surface area contributed by atoms with Gasteiger partial charge in [-0.1, -0.05) is 20.8 Å². The van der Waals surface area contributed by atoms with E-state index < -0.39 is 5.41 Å². The van der Waals surface area contributed by atoms with Crippen molar-refractivity contribution in [1.29, 1.82) is 0 Å². The lowest BCUT2D eigenvalue weighted by atomic mass is 9.91. The van der Waals surface area contributed by atoms with Crippen molar-refractivity contribution >= 4 is 45.6 Å². The first kappa shape index (κ1) is 15.9. The highest BCUT2D eigenvalue weighted by Gasteiger charge is 2.18. The van der Waals surface area contributed by atoms with E-state index in [1.807, 2.05) is 49.7 Å². The number of nitrogens with one attached hydrogen (secondary N) is 1. The van der Waals surface area contributed by atoms with Gasteiger partial charge in [-0.05, 0) is 13.0 Å². The predicted molar refractivity (Wildman–Crippen MR) is 94.5 cm³/mol. The fourth-order valence-electron chi connectivity index (χ4n) is 2.07. The number of thiazole rings is 2. The first-order chi connectivity index (χ1) is 10.8. The summed E-state index contributed by atoms with van der Waals surface area (Å²) in [6.07, 6.45) is 5.26. The zero-order valence-corrected chi connectivity index (χ0v) is 15.0. The number of Topliss-reactive ketones (excluding diaryl/α,β-unsaturated/α-hetero) is 1. The molecule has 1 N–H and O–H groups in total. The lowest BCUT2D eigenvalue weighted by molar-refractivity contribution is -0.119. The van der Waals surface area contributed by atoms with Crippen LogP contribution in [0.3, 0.4) is 0 Å². The fourth-order valence-corrected chi connectivity index (χ4v) is 3.70. The molecule has 0 aromatic carbocycles. The van der Waals surface area contributed by atoms with Gasteiger partial charge in [0.05, 0.1) is 20.6 Å². The van der Waals surface area contributed by atoms with Gasteiger partial charge in [-0.3, -0.25) is 14.0 Å². The Balaban J connectivity index is 2.13. The number of hydrogen-bond donors (Lipinski definition) is 1. The van der Waals surface area contributed by atoms with E-state index in [0.717, 1.165) is 16.3 Å². The molecule has 0 radical (unpaired) electrons. The SMILES string of the molecule is Cc1nc2sccn2c1/C=c1\s/c(=C/C(=O)C(C)(C)C)[nH]c1=O. The van der Waals surface area contributed by atoms with Crippen LogP contribution < -0.4 is 14.8 Å². The molecule has 0 fully saturated rings. The molecule has 3 rings (SSSR count). The number of carbonyl (C=O) groups is 1. The van der Waals surface area contributed by atoms with Crippen LogP contribution >= 0.6 is 22.7 Å². The highest BCUT2D eigenvalue weighted by molar-refractivity contribution is 7.15. The number of rotatable bonds is 2. The number of ketones is 1. The lowest BCUT2D eigenvalue weighted by Gasteiger charge is -2.12. The van der Waals surface area contributed by atoms with Crippen LogP contribution in [0.25, 0.3) is 17.1 Å². The number of carbonyl (C=O) groups excluding carboxylic acids is 1. The van der Waals surface area contributed by atoms with Crippen LogP contribution in [0.1, 0.15) is 32.2 Å². The average Bonchev–Trinajstić information content (AvgIpc) is 3.08. The molecule has 120 valence electrons. The van der Waals surface area contributed by atoms with Gasteiger partial charge in [0, 0.05) is 23.1 Å². The predicted octanol–water partition coefficient (Wildman–Crippen LogP) is 1.68. The molecular formula is C16H17N3O2S2. The van der Waals surface area contributed by atoms with Crippen LogP contribution in [-0.2, 0) is 4.79 Å². The highest BCUT2D eigenvalue weighted by atomic mass is 32.1. The summed E-state index contributed by atoms with van der Waals surface area (Å²) in [5, 5.41) is 1.96. The van der Waals surface area contributed by atoms with Gasteiger partial charge in [-0.2, -0.15) is 0 Å². The Morgan fingerprint density at radius 3 is 2.83 bits per heavy atom. The van der Waals surface area contributed by atoms with Crippen LogP contribution in [0.5, 0.6) is 0 Å². The second-order valence-corrected chi connectivity index (χ2v) is 8.28. The van der Waals surface area contributed by atoms with E-state index in [1.54, 1.807) is 11.3 Å². The molecule has 0 bridgehead atoms. The monoisotopic (exact) mass is 347 g/mol. The van der Waals surface area contributed by atoms with Gasteiger partial charge in [0.15, 0.2) is 10.7 Å². The number of aromatic amines is 1. The normalized spacial score (nSPS) is 14.1. The second kappa shape index (κ2) is 5.58. The second-order valence-electron chi connectivity index (χ2n) is 6.33. The Morgan fingerprint density at radius 2 is 2.13 bits per heavy atom. The smallest absolute Gasteiger partial charge is 0.266 e. The van der Waals surface area contributed by atoms with E-state index in [1.165, 1.54) is 17.4 Å². The highest BCUT2D eigenvalue weighted by Crippen LogP contribution is 2.17. The molecule has 3 heterocycles. The molecule has 23 heavy (non-hydrogen) atoms. The summed E-state index contributed by atoms with van der Waals surface area (Å²) in [5.74, 6) is -0.0118. The summed E-state index contributed by atoms with van der Waals surface area (Å²) in [4.78, 5) is 32.3. The first-order valence-electron chi connectivity index (χ1n) is 7.15. The number of aryl methyl sites for hydroxylation is 1. The summed E-state index contributed by atoms with van der Waals surface area (Å²) in [7, 11) is 0. The summed E-state index contributed by atoms with van der Waals surface area (Å²) in [6, 6.07) is 0. The van der Waals surface area contributed by atoms with Crippen molar-refractivity contribution in [2.75, 3.05) is 0 Å². The maximum atomic E-state index is 12.1. The number of fused-ring (bicyclic) bond motifs is 1. The lowest BCUT2D eigenvalue weighted by Crippen LogP contribution is -2.22. The molecule has 7 heteroatoms. The van der Waals surface area contributed by atoms with Crippen molar-refractivity contribution in [3.8, 4) is 0 Å². The average molecular weight is 347 g/mol. The Morgan fingerprint density at radius 1 is 1.39 bits per heavy atom. The van der Waals surface area contributed by atoms with E-state index in [0.29, 0.717) is 9.20 Å². The summed E-state index contributed by atoms with van der Waals surface area (Å²) < 4.78 is 3.10. The van der Waals surface area contributed by atoms with Crippen LogP contribution in [0.2, 0.25) is 0 Å². The van der Waals surface area contributed by atoms with E-state index in [-0.39, 0.29) is 11.3 Å². The zero-order chi connectivity index (χ0) is 16.8.